The van der Waals surface area contributed by atoms with Crippen LogP contribution in [-0.4, -0.2) is 23.6 Å². The number of nitriles is 1. The van der Waals surface area contributed by atoms with Crippen molar-refractivity contribution in [3.05, 3.63) is 46.8 Å². The fourth-order valence-corrected chi connectivity index (χ4v) is 2.13. The Kier molecular flexibility index (Phi) is 3.86. The van der Waals surface area contributed by atoms with E-state index in [1.54, 1.807) is 19.1 Å². The van der Waals surface area contributed by atoms with E-state index < -0.39 is 11.9 Å². The largest absolute Gasteiger partial charge is 0.464 e. The number of anilines is 1. The van der Waals surface area contributed by atoms with Crippen LogP contribution in [0.5, 0.6) is 0 Å². The average molecular weight is 298 g/mol. The molecule has 2 aromatic rings. The molecule has 112 valence electrons. The third kappa shape index (κ3) is 2.38. The van der Waals surface area contributed by atoms with Gasteiger partial charge in [-0.05, 0) is 24.6 Å². The van der Waals surface area contributed by atoms with Gasteiger partial charge in [0.2, 0.25) is 5.91 Å². The number of carbonyl (C=O) groups excluding carboxylic acids is 2. The fraction of sp³-hybridized carbons (Fsp3) is 0.133. The molecule has 0 saturated heterocycles. The van der Waals surface area contributed by atoms with E-state index in [1.807, 2.05) is 6.07 Å². The number of amides is 1. The van der Waals surface area contributed by atoms with Crippen LogP contribution in [0.2, 0.25) is 0 Å². The van der Waals surface area contributed by atoms with Crippen molar-refractivity contribution in [2.24, 2.45) is 5.73 Å². The first-order valence-corrected chi connectivity index (χ1v) is 6.30. The maximum Gasteiger partial charge on any atom is 0.357 e. The Morgan fingerprint density at radius 1 is 1.36 bits per heavy atom. The van der Waals surface area contributed by atoms with Crippen LogP contribution in [0.4, 0.5) is 5.69 Å². The SMILES string of the molecule is COC(=O)c1c(N)c(C#N)cn1-c1cc(C(N)=O)ccc1C. The maximum atomic E-state index is 12.0. The van der Waals surface area contributed by atoms with E-state index in [0.29, 0.717) is 5.69 Å². The van der Waals surface area contributed by atoms with Crippen LogP contribution in [0.3, 0.4) is 0 Å². The molecule has 7 heteroatoms. The number of hydrogen-bond donors (Lipinski definition) is 2. The molecule has 1 aromatic carbocycles. The molecule has 0 atom stereocenters. The number of esters is 1. The minimum Gasteiger partial charge on any atom is -0.464 e. The normalized spacial score (nSPS) is 10.0. The molecular formula is C15H14N4O3. The highest BCUT2D eigenvalue weighted by Gasteiger charge is 2.22. The van der Waals surface area contributed by atoms with Crippen molar-refractivity contribution >= 4 is 17.6 Å². The Balaban J connectivity index is 2.78. The Labute approximate surface area is 126 Å². The summed E-state index contributed by atoms with van der Waals surface area (Å²) in [6.45, 7) is 1.80. The van der Waals surface area contributed by atoms with Crippen molar-refractivity contribution in [1.82, 2.24) is 4.57 Å². The van der Waals surface area contributed by atoms with Gasteiger partial charge in [-0.2, -0.15) is 5.26 Å². The van der Waals surface area contributed by atoms with Crippen LogP contribution >= 0.6 is 0 Å². The van der Waals surface area contributed by atoms with Gasteiger partial charge in [0.05, 0.1) is 18.4 Å². The lowest BCUT2D eigenvalue weighted by atomic mass is 10.1. The first-order valence-electron chi connectivity index (χ1n) is 6.30. The first kappa shape index (κ1) is 15.1. The topological polar surface area (TPSA) is 124 Å². The zero-order valence-corrected chi connectivity index (χ0v) is 12.1. The molecule has 22 heavy (non-hydrogen) atoms. The highest BCUT2D eigenvalue weighted by atomic mass is 16.5. The second kappa shape index (κ2) is 5.61. The van der Waals surface area contributed by atoms with Gasteiger partial charge in [0, 0.05) is 17.4 Å². The number of nitrogens with two attached hydrogens (primary N) is 2. The van der Waals surface area contributed by atoms with Crippen LogP contribution in [0.15, 0.2) is 24.4 Å². The number of rotatable bonds is 3. The Morgan fingerprint density at radius 3 is 2.59 bits per heavy atom. The van der Waals surface area contributed by atoms with Crippen molar-refractivity contribution < 1.29 is 14.3 Å². The lowest BCUT2D eigenvalue weighted by Gasteiger charge is -2.12. The standard InChI is InChI=1S/C15H14N4O3/c1-8-3-4-9(14(18)20)5-11(8)19-7-10(6-16)12(17)13(19)15(21)22-2/h3-5,7H,17H2,1-2H3,(H2,18,20). The van der Waals surface area contributed by atoms with Crippen LogP contribution in [0.25, 0.3) is 5.69 Å². The molecule has 0 spiro atoms. The Hall–Kier alpha value is -3.27. The van der Waals surface area contributed by atoms with E-state index in [0.717, 1.165) is 5.56 Å². The van der Waals surface area contributed by atoms with E-state index in [2.05, 4.69) is 0 Å². The summed E-state index contributed by atoms with van der Waals surface area (Å²) in [4.78, 5) is 23.3. The molecule has 0 aliphatic heterocycles. The molecule has 1 amide bonds. The minimum atomic E-state index is -0.678. The lowest BCUT2D eigenvalue weighted by Crippen LogP contribution is -2.14. The predicted molar refractivity (Wildman–Crippen MR) is 79.5 cm³/mol. The van der Waals surface area contributed by atoms with Crippen LogP contribution in [-0.2, 0) is 4.74 Å². The molecule has 4 N–H and O–H groups in total. The smallest absolute Gasteiger partial charge is 0.357 e. The van der Waals surface area contributed by atoms with Gasteiger partial charge < -0.3 is 20.8 Å². The molecule has 1 heterocycles. The molecule has 0 aliphatic rings. The third-order valence-electron chi connectivity index (χ3n) is 3.30. The van der Waals surface area contributed by atoms with E-state index >= 15 is 0 Å². The Morgan fingerprint density at radius 2 is 2.05 bits per heavy atom. The second-order valence-corrected chi connectivity index (χ2v) is 4.64. The zero-order chi connectivity index (χ0) is 16.4. The van der Waals surface area contributed by atoms with Gasteiger partial charge in [0.1, 0.15) is 6.07 Å². The molecule has 0 saturated carbocycles. The van der Waals surface area contributed by atoms with Crippen molar-refractivity contribution in [3.8, 4) is 11.8 Å². The molecule has 2 rings (SSSR count). The number of methoxy groups -OCH3 is 1. The summed E-state index contributed by atoms with van der Waals surface area (Å²) in [6, 6.07) is 6.72. The summed E-state index contributed by atoms with van der Waals surface area (Å²) in [5.41, 5.74) is 12.9. The molecule has 0 radical (unpaired) electrons. The summed E-state index contributed by atoms with van der Waals surface area (Å²) in [6.07, 6.45) is 1.43. The van der Waals surface area contributed by atoms with E-state index in [-0.39, 0.29) is 22.5 Å². The highest BCUT2D eigenvalue weighted by Crippen LogP contribution is 2.27. The quantitative estimate of drug-likeness (QED) is 0.822. The predicted octanol–water partition coefficient (Wildman–Crippen LogP) is 1.13. The number of carbonyl (C=O) groups is 2. The van der Waals surface area contributed by atoms with Gasteiger partial charge in [0.15, 0.2) is 5.69 Å². The summed E-state index contributed by atoms with van der Waals surface area (Å²) >= 11 is 0. The van der Waals surface area contributed by atoms with Gasteiger partial charge in [-0.15, -0.1) is 0 Å². The van der Waals surface area contributed by atoms with Gasteiger partial charge >= 0.3 is 5.97 Å². The monoisotopic (exact) mass is 298 g/mol. The van der Waals surface area contributed by atoms with Crippen LogP contribution in [0.1, 0.15) is 32.0 Å². The average Bonchev–Trinajstić information content (AvgIpc) is 2.83. The number of hydrogen-bond acceptors (Lipinski definition) is 5. The third-order valence-corrected chi connectivity index (χ3v) is 3.30. The van der Waals surface area contributed by atoms with E-state index in [4.69, 9.17) is 21.5 Å². The number of nitrogens with zero attached hydrogens (tertiary/aromatic N) is 2. The van der Waals surface area contributed by atoms with Gasteiger partial charge in [0.25, 0.3) is 0 Å². The maximum absolute atomic E-state index is 12.0. The van der Waals surface area contributed by atoms with Gasteiger partial charge in [-0.1, -0.05) is 6.07 Å². The lowest BCUT2D eigenvalue weighted by molar-refractivity contribution is 0.0593. The van der Waals surface area contributed by atoms with Crippen molar-refractivity contribution in [1.29, 1.82) is 5.26 Å². The number of aryl methyl sites for hydroxylation is 1. The summed E-state index contributed by atoms with van der Waals surface area (Å²) < 4.78 is 6.15. The molecule has 0 unspecified atom stereocenters. The van der Waals surface area contributed by atoms with Gasteiger partial charge in [-0.25, -0.2) is 4.79 Å². The first-order chi connectivity index (χ1) is 10.4. The zero-order valence-electron chi connectivity index (χ0n) is 12.1. The van der Waals surface area contributed by atoms with Crippen LogP contribution < -0.4 is 11.5 Å². The number of nitrogen functional groups attached to an aromatic ring is 1. The minimum absolute atomic E-state index is 0.0261. The molecule has 1 aromatic heterocycles. The summed E-state index contributed by atoms with van der Waals surface area (Å²) in [5, 5.41) is 9.10. The fourth-order valence-electron chi connectivity index (χ4n) is 2.13. The molecular weight excluding hydrogens is 284 g/mol. The van der Waals surface area contributed by atoms with E-state index in [9.17, 15) is 9.59 Å². The van der Waals surface area contributed by atoms with Gasteiger partial charge in [-0.3, -0.25) is 4.79 Å². The summed E-state index contributed by atoms with van der Waals surface area (Å²) in [7, 11) is 1.22. The Bertz CT molecular complexity index is 815. The molecule has 0 bridgehead atoms. The van der Waals surface area contributed by atoms with Crippen molar-refractivity contribution in [3.63, 3.8) is 0 Å². The number of benzene rings is 1. The second-order valence-electron chi connectivity index (χ2n) is 4.64. The number of ether oxygens (including phenoxy) is 1. The van der Waals surface area contributed by atoms with E-state index in [1.165, 1.54) is 23.9 Å². The highest BCUT2D eigenvalue weighted by molar-refractivity contribution is 5.97. The van der Waals surface area contributed by atoms with Crippen LogP contribution in [0, 0.1) is 18.3 Å². The van der Waals surface area contributed by atoms with Crippen molar-refractivity contribution in [2.45, 2.75) is 6.92 Å². The number of primary amides is 1. The van der Waals surface area contributed by atoms with Crippen molar-refractivity contribution in [2.75, 3.05) is 12.8 Å². The molecule has 7 nitrogen and oxygen atoms in total. The molecule has 0 fully saturated rings. The number of aromatic nitrogens is 1. The molecule has 0 aliphatic carbocycles. The summed E-state index contributed by atoms with van der Waals surface area (Å²) in [5.74, 6) is -1.27.